The predicted molar refractivity (Wildman–Crippen MR) is 107 cm³/mol. The molecule has 0 aliphatic heterocycles. The lowest BCUT2D eigenvalue weighted by atomic mass is 10.2. The van der Waals surface area contributed by atoms with Crippen molar-refractivity contribution >= 4 is 27.5 Å². The summed E-state index contributed by atoms with van der Waals surface area (Å²) in [6, 6.07) is 7.86. The zero-order valence-electron chi connectivity index (χ0n) is 15.8. The lowest BCUT2D eigenvalue weighted by molar-refractivity contribution is -0.116. The summed E-state index contributed by atoms with van der Waals surface area (Å²) in [5.74, 6) is 0.671. The average Bonchev–Trinajstić information content (AvgIpc) is 3.09. The van der Waals surface area contributed by atoms with E-state index in [0.717, 1.165) is 38.6 Å². The van der Waals surface area contributed by atoms with Crippen LogP contribution in [0.3, 0.4) is 0 Å². The van der Waals surface area contributed by atoms with Crippen LogP contribution in [0.4, 0.5) is 5.69 Å². The minimum Gasteiger partial charge on any atom is -0.497 e. The van der Waals surface area contributed by atoms with Crippen molar-refractivity contribution in [2.45, 2.75) is 33.9 Å². The van der Waals surface area contributed by atoms with Crippen LogP contribution in [0.2, 0.25) is 0 Å². The number of benzene rings is 1. The minimum atomic E-state index is -0.138. The van der Waals surface area contributed by atoms with Gasteiger partial charge in [-0.1, -0.05) is 12.1 Å². The van der Waals surface area contributed by atoms with E-state index >= 15 is 0 Å². The molecule has 0 aliphatic rings. The Morgan fingerprint density at radius 3 is 2.67 bits per heavy atom. The van der Waals surface area contributed by atoms with Crippen LogP contribution in [0.25, 0.3) is 0 Å². The number of anilines is 1. The van der Waals surface area contributed by atoms with Crippen LogP contribution in [-0.2, 0) is 17.9 Å². The molecular formula is C19H22BrN5O2. The first-order valence-corrected chi connectivity index (χ1v) is 9.33. The normalized spacial score (nSPS) is 10.9. The van der Waals surface area contributed by atoms with Gasteiger partial charge >= 0.3 is 0 Å². The van der Waals surface area contributed by atoms with Crippen molar-refractivity contribution in [1.82, 2.24) is 19.6 Å². The molecule has 1 amide bonds. The van der Waals surface area contributed by atoms with Crippen LogP contribution >= 0.6 is 15.9 Å². The summed E-state index contributed by atoms with van der Waals surface area (Å²) in [6.45, 7) is 6.50. The van der Waals surface area contributed by atoms with Gasteiger partial charge in [-0.3, -0.25) is 14.2 Å². The number of carbonyl (C=O) groups is 1. The molecule has 0 spiro atoms. The lowest BCUT2D eigenvalue weighted by Crippen LogP contribution is -2.21. The molecular weight excluding hydrogens is 410 g/mol. The van der Waals surface area contributed by atoms with Crippen LogP contribution in [0.15, 0.2) is 34.9 Å². The zero-order chi connectivity index (χ0) is 19.6. The first-order valence-electron chi connectivity index (χ1n) is 8.53. The Morgan fingerprint density at radius 1 is 1.22 bits per heavy atom. The second-order valence-electron chi connectivity index (χ2n) is 6.34. The van der Waals surface area contributed by atoms with Gasteiger partial charge in [0.1, 0.15) is 12.3 Å². The Balaban J connectivity index is 1.75. The Bertz CT molecular complexity index is 977. The van der Waals surface area contributed by atoms with Crippen LogP contribution < -0.4 is 10.1 Å². The van der Waals surface area contributed by atoms with Gasteiger partial charge in [-0.25, -0.2) is 0 Å². The zero-order valence-corrected chi connectivity index (χ0v) is 17.4. The maximum atomic E-state index is 12.5. The molecule has 2 heterocycles. The van der Waals surface area contributed by atoms with Crippen LogP contribution in [0.5, 0.6) is 5.75 Å². The molecule has 0 saturated heterocycles. The standard InChI is InChI=1S/C19H22BrN5O2/c1-12-19(22-18(26)11-24-13(2)17(20)9-21-24)14(3)25(23-12)10-15-6-5-7-16(8-15)27-4/h5-9H,10-11H2,1-4H3,(H,22,26). The van der Waals surface area contributed by atoms with Gasteiger partial charge in [0.05, 0.1) is 47.1 Å². The number of rotatable bonds is 6. The van der Waals surface area contributed by atoms with Crippen molar-refractivity contribution in [1.29, 1.82) is 0 Å². The summed E-state index contributed by atoms with van der Waals surface area (Å²) in [6.07, 6.45) is 1.69. The number of nitrogens with zero attached hydrogens (tertiary/aromatic N) is 4. The molecule has 1 N–H and O–H groups in total. The highest BCUT2D eigenvalue weighted by Gasteiger charge is 2.16. The van der Waals surface area contributed by atoms with Gasteiger partial charge in [0.15, 0.2) is 0 Å². The van der Waals surface area contributed by atoms with Crippen LogP contribution in [-0.4, -0.2) is 32.6 Å². The summed E-state index contributed by atoms with van der Waals surface area (Å²) in [4.78, 5) is 12.5. The molecule has 0 radical (unpaired) electrons. The summed E-state index contributed by atoms with van der Waals surface area (Å²) >= 11 is 3.40. The second kappa shape index (κ2) is 7.96. The monoisotopic (exact) mass is 431 g/mol. The smallest absolute Gasteiger partial charge is 0.246 e. The summed E-state index contributed by atoms with van der Waals surface area (Å²) < 4.78 is 9.70. The molecule has 7 nitrogen and oxygen atoms in total. The Kier molecular flexibility index (Phi) is 5.65. The molecule has 0 aliphatic carbocycles. The average molecular weight is 432 g/mol. The number of nitrogens with one attached hydrogen (secondary N) is 1. The topological polar surface area (TPSA) is 74.0 Å². The minimum absolute atomic E-state index is 0.138. The van der Waals surface area contributed by atoms with Crippen molar-refractivity contribution in [3.63, 3.8) is 0 Å². The van der Waals surface area contributed by atoms with E-state index in [4.69, 9.17) is 4.74 Å². The Hall–Kier alpha value is -2.61. The fourth-order valence-electron chi connectivity index (χ4n) is 2.87. The third kappa shape index (κ3) is 4.21. The second-order valence-corrected chi connectivity index (χ2v) is 7.19. The SMILES string of the molecule is COc1cccc(Cn2nc(C)c(NC(=O)Cn3ncc(Br)c3C)c2C)c1. The van der Waals surface area contributed by atoms with Crippen LogP contribution in [0.1, 0.15) is 22.6 Å². The van der Waals surface area contributed by atoms with E-state index in [9.17, 15) is 4.79 Å². The highest BCUT2D eigenvalue weighted by molar-refractivity contribution is 9.10. The molecule has 0 fully saturated rings. The van der Waals surface area contributed by atoms with E-state index in [1.807, 2.05) is 49.7 Å². The molecule has 3 rings (SSSR count). The molecule has 3 aromatic rings. The van der Waals surface area contributed by atoms with Gasteiger partial charge in [-0.2, -0.15) is 10.2 Å². The van der Waals surface area contributed by atoms with E-state index < -0.39 is 0 Å². The molecule has 1 aromatic carbocycles. The Morgan fingerprint density at radius 2 is 2.00 bits per heavy atom. The number of ether oxygens (including phenoxy) is 1. The van der Waals surface area contributed by atoms with Crippen molar-refractivity contribution < 1.29 is 9.53 Å². The van der Waals surface area contributed by atoms with Crippen molar-refractivity contribution in [3.05, 3.63) is 57.6 Å². The maximum Gasteiger partial charge on any atom is 0.246 e. The van der Waals surface area contributed by atoms with Crippen LogP contribution in [0, 0.1) is 20.8 Å². The number of hydrogen-bond acceptors (Lipinski definition) is 4. The maximum absolute atomic E-state index is 12.5. The van der Waals surface area contributed by atoms with Gasteiger partial charge in [-0.15, -0.1) is 0 Å². The predicted octanol–water partition coefficient (Wildman–Crippen LogP) is 3.46. The summed E-state index contributed by atoms with van der Waals surface area (Å²) in [7, 11) is 1.65. The number of aryl methyl sites for hydroxylation is 1. The number of methoxy groups -OCH3 is 1. The van der Waals surface area contributed by atoms with E-state index in [1.54, 1.807) is 18.0 Å². The number of hydrogen-bond donors (Lipinski definition) is 1. The fourth-order valence-corrected chi connectivity index (χ4v) is 3.17. The lowest BCUT2D eigenvalue weighted by Gasteiger charge is -2.09. The van der Waals surface area contributed by atoms with Gasteiger partial charge < -0.3 is 10.1 Å². The summed E-state index contributed by atoms with van der Waals surface area (Å²) in [5, 5.41) is 11.7. The van der Waals surface area contributed by atoms with E-state index in [0.29, 0.717) is 6.54 Å². The molecule has 0 saturated carbocycles. The first-order chi connectivity index (χ1) is 12.9. The molecule has 27 heavy (non-hydrogen) atoms. The van der Waals surface area contributed by atoms with Gasteiger partial charge in [-0.05, 0) is 54.4 Å². The highest BCUT2D eigenvalue weighted by Crippen LogP contribution is 2.22. The van der Waals surface area contributed by atoms with E-state index in [2.05, 4.69) is 31.4 Å². The third-order valence-corrected chi connectivity index (χ3v) is 5.23. The third-order valence-electron chi connectivity index (χ3n) is 4.45. The number of halogens is 1. The first kappa shape index (κ1) is 19.2. The molecule has 142 valence electrons. The van der Waals surface area contributed by atoms with Crippen molar-refractivity contribution in [2.24, 2.45) is 0 Å². The number of carbonyl (C=O) groups excluding carboxylic acids is 1. The number of amides is 1. The van der Waals surface area contributed by atoms with Gasteiger partial charge in [0.25, 0.3) is 0 Å². The molecule has 2 aromatic heterocycles. The molecule has 0 atom stereocenters. The molecule has 0 unspecified atom stereocenters. The van der Waals surface area contributed by atoms with Crippen molar-refractivity contribution in [2.75, 3.05) is 12.4 Å². The van der Waals surface area contributed by atoms with Gasteiger partial charge in [0, 0.05) is 0 Å². The quantitative estimate of drug-likeness (QED) is 0.648. The van der Waals surface area contributed by atoms with Crippen molar-refractivity contribution in [3.8, 4) is 5.75 Å². The molecule has 0 bridgehead atoms. The summed E-state index contributed by atoms with van der Waals surface area (Å²) in [5.41, 5.74) is 4.41. The van der Waals surface area contributed by atoms with E-state index in [1.165, 1.54) is 0 Å². The molecule has 8 heteroatoms. The highest BCUT2D eigenvalue weighted by atomic mass is 79.9. The Labute approximate surface area is 166 Å². The fraction of sp³-hybridized carbons (Fsp3) is 0.316. The number of aromatic nitrogens is 4. The largest absolute Gasteiger partial charge is 0.497 e. The van der Waals surface area contributed by atoms with E-state index in [-0.39, 0.29) is 12.5 Å². The van der Waals surface area contributed by atoms with Gasteiger partial charge in [0.2, 0.25) is 5.91 Å².